The highest BCUT2D eigenvalue weighted by Crippen LogP contribution is 2.33. The van der Waals surface area contributed by atoms with Gasteiger partial charge < -0.3 is 19.7 Å². The SMILES string of the molecule is N#CCOc1cc2cc(c1)Cc1cccc(c1O)Cc1cc(cc(OCC#N)c1)Cc1cccc(c1O)C2. The van der Waals surface area contributed by atoms with E-state index in [0.29, 0.717) is 37.2 Å². The summed E-state index contributed by atoms with van der Waals surface area (Å²) in [6, 6.07) is 27.1. The summed E-state index contributed by atoms with van der Waals surface area (Å²) in [5, 5.41) is 40.4. The van der Waals surface area contributed by atoms with Crippen LogP contribution < -0.4 is 9.47 Å². The van der Waals surface area contributed by atoms with E-state index in [4.69, 9.17) is 20.0 Å². The van der Waals surface area contributed by atoms with Crippen LogP contribution in [-0.2, 0) is 25.7 Å². The molecule has 1 aliphatic rings. The quantitative estimate of drug-likeness (QED) is 0.332. The van der Waals surface area contributed by atoms with E-state index in [0.717, 1.165) is 44.5 Å². The Balaban J connectivity index is 1.65. The molecule has 0 aliphatic heterocycles. The molecule has 1 aliphatic carbocycles. The van der Waals surface area contributed by atoms with Gasteiger partial charge >= 0.3 is 0 Å². The van der Waals surface area contributed by atoms with E-state index in [1.807, 2.05) is 84.9 Å². The molecule has 0 heterocycles. The Morgan fingerprint density at radius 3 is 1.16 bits per heavy atom. The minimum absolute atomic E-state index is 0.0673. The molecule has 4 aromatic carbocycles. The third-order valence-electron chi connectivity index (χ3n) is 6.64. The van der Waals surface area contributed by atoms with Crippen LogP contribution in [0.2, 0.25) is 0 Å². The van der Waals surface area contributed by atoms with Gasteiger partial charge in [0.1, 0.15) is 35.1 Å². The van der Waals surface area contributed by atoms with Crippen molar-refractivity contribution in [2.24, 2.45) is 0 Å². The number of fused-ring (bicyclic) bond motifs is 8. The molecular formula is C32H26N2O4. The van der Waals surface area contributed by atoms with E-state index < -0.39 is 0 Å². The largest absolute Gasteiger partial charge is 0.507 e. The number of benzene rings is 4. The van der Waals surface area contributed by atoms with Crippen LogP contribution in [0.3, 0.4) is 0 Å². The predicted molar refractivity (Wildman–Crippen MR) is 143 cm³/mol. The molecule has 0 fully saturated rings. The first-order valence-corrected chi connectivity index (χ1v) is 12.4. The number of para-hydroxylation sites is 2. The van der Waals surface area contributed by atoms with Gasteiger partial charge in [-0.2, -0.15) is 10.5 Å². The van der Waals surface area contributed by atoms with Crippen LogP contribution >= 0.6 is 0 Å². The second kappa shape index (κ2) is 11.0. The average molecular weight is 503 g/mol. The van der Waals surface area contributed by atoms with Gasteiger partial charge in [-0.1, -0.05) is 48.5 Å². The first kappa shape index (κ1) is 24.7. The molecule has 2 N–H and O–H groups in total. The molecule has 6 heteroatoms. The molecular weight excluding hydrogens is 476 g/mol. The smallest absolute Gasteiger partial charge is 0.174 e. The number of nitriles is 2. The normalized spacial score (nSPS) is 12.2. The van der Waals surface area contributed by atoms with Gasteiger partial charge in [0.15, 0.2) is 13.2 Å². The standard InChI is InChI=1S/C32H26N2O4/c33-7-9-37-29-17-21-11-23(19-29)15-27-5-2-6-28(32(27)36)16-24-12-22(18-30(20-24)38-10-8-34)14-26-4-1-3-25(13-21)31(26)35/h1-6,11-12,17-20,35-36H,9-10,13-16H2. The highest BCUT2D eigenvalue weighted by atomic mass is 16.5. The second-order valence-corrected chi connectivity index (χ2v) is 9.42. The topological polar surface area (TPSA) is 107 Å². The van der Waals surface area contributed by atoms with Crippen molar-refractivity contribution in [3.05, 3.63) is 117 Å². The van der Waals surface area contributed by atoms with Crippen LogP contribution in [0, 0.1) is 22.7 Å². The lowest BCUT2D eigenvalue weighted by molar-refractivity contribution is 0.367. The minimum Gasteiger partial charge on any atom is -0.507 e. The van der Waals surface area contributed by atoms with Crippen molar-refractivity contribution in [1.29, 1.82) is 10.5 Å². The average Bonchev–Trinajstić information content (AvgIpc) is 2.90. The summed E-state index contributed by atoms with van der Waals surface area (Å²) in [5.74, 6) is 1.62. The van der Waals surface area contributed by atoms with Gasteiger partial charge in [-0.25, -0.2) is 0 Å². The summed E-state index contributed by atoms with van der Waals surface area (Å²) in [7, 11) is 0. The Kier molecular flexibility index (Phi) is 7.15. The molecule has 188 valence electrons. The van der Waals surface area contributed by atoms with Gasteiger partial charge in [0.25, 0.3) is 0 Å². The van der Waals surface area contributed by atoms with Crippen molar-refractivity contribution in [3.8, 4) is 35.1 Å². The molecule has 0 atom stereocenters. The molecule has 38 heavy (non-hydrogen) atoms. The van der Waals surface area contributed by atoms with Crippen LogP contribution in [0.15, 0.2) is 72.8 Å². The number of hydrogen-bond donors (Lipinski definition) is 2. The van der Waals surface area contributed by atoms with E-state index in [1.54, 1.807) is 0 Å². The molecule has 0 saturated carbocycles. The molecule has 8 bridgehead atoms. The second-order valence-electron chi connectivity index (χ2n) is 9.42. The lowest BCUT2D eigenvalue weighted by Gasteiger charge is -2.16. The summed E-state index contributed by atoms with van der Waals surface area (Å²) in [6.45, 7) is -0.135. The van der Waals surface area contributed by atoms with Crippen molar-refractivity contribution in [2.75, 3.05) is 13.2 Å². The minimum atomic E-state index is -0.0673. The third-order valence-corrected chi connectivity index (χ3v) is 6.64. The summed E-state index contributed by atoms with van der Waals surface area (Å²) >= 11 is 0. The summed E-state index contributed by atoms with van der Waals surface area (Å²) in [5.41, 5.74) is 6.83. The van der Waals surface area contributed by atoms with Crippen LogP contribution in [0.4, 0.5) is 0 Å². The maximum absolute atomic E-state index is 11.2. The zero-order valence-electron chi connectivity index (χ0n) is 20.8. The highest BCUT2D eigenvalue weighted by Gasteiger charge is 2.15. The Hall–Kier alpha value is -4.94. The van der Waals surface area contributed by atoms with Gasteiger partial charge in [-0.15, -0.1) is 0 Å². The number of ether oxygens (including phenoxy) is 2. The molecule has 6 nitrogen and oxygen atoms in total. The molecule has 0 aromatic heterocycles. The molecule has 0 radical (unpaired) electrons. The zero-order valence-corrected chi connectivity index (χ0v) is 20.8. The maximum Gasteiger partial charge on any atom is 0.174 e. The lowest BCUT2D eigenvalue weighted by atomic mass is 9.92. The summed E-state index contributed by atoms with van der Waals surface area (Å²) in [4.78, 5) is 0. The Bertz CT molecular complexity index is 1380. The number of nitrogens with zero attached hydrogens (tertiary/aromatic N) is 2. The number of phenolic OH excluding ortho intramolecular Hbond substituents is 2. The fraction of sp³-hybridized carbons (Fsp3) is 0.188. The monoisotopic (exact) mass is 502 g/mol. The Morgan fingerprint density at radius 1 is 0.553 bits per heavy atom. The maximum atomic E-state index is 11.2. The highest BCUT2D eigenvalue weighted by molar-refractivity contribution is 5.51. The molecule has 0 saturated heterocycles. The number of aromatic hydroxyl groups is 2. The Labute approximate surface area is 221 Å². The van der Waals surface area contributed by atoms with Crippen LogP contribution in [0.1, 0.15) is 44.5 Å². The third kappa shape index (κ3) is 5.56. The van der Waals surface area contributed by atoms with Crippen LogP contribution in [-0.4, -0.2) is 23.4 Å². The van der Waals surface area contributed by atoms with E-state index in [1.165, 1.54) is 0 Å². The van der Waals surface area contributed by atoms with Crippen LogP contribution in [0.25, 0.3) is 0 Å². The fourth-order valence-electron chi connectivity index (χ4n) is 5.00. The first-order valence-electron chi connectivity index (χ1n) is 12.4. The van der Waals surface area contributed by atoms with Crippen LogP contribution in [0.5, 0.6) is 23.0 Å². The molecule has 0 amide bonds. The van der Waals surface area contributed by atoms with Gasteiger partial charge in [0.05, 0.1) is 0 Å². The van der Waals surface area contributed by atoms with Crippen molar-refractivity contribution >= 4 is 0 Å². The van der Waals surface area contributed by atoms with E-state index in [2.05, 4.69) is 0 Å². The van der Waals surface area contributed by atoms with Gasteiger partial charge in [-0.05, 0) is 68.8 Å². The van der Waals surface area contributed by atoms with Gasteiger partial charge in [0, 0.05) is 25.7 Å². The van der Waals surface area contributed by atoms with Crippen molar-refractivity contribution in [3.63, 3.8) is 0 Å². The zero-order chi connectivity index (χ0) is 26.5. The van der Waals surface area contributed by atoms with Crippen molar-refractivity contribution < 1.29 is 19.7 Å². The van der Waals surface area contributed by atoms with Gasteiger partial charge in [0.2, 0.25) is 0 Å². The first-order chi connectivity index (χ1) is 18.5. The van der Waals surface area contributed by atoms with E-state index in [9.17, 15) is 10.2 Å². The fourth-order valence-corrected chi connectivity index (χ4v) is 5.00. The molecule has 5 rings (SSSR count). The number of rotatable bonds is 4. The number of phenols is 2. The molecule has 0 spiro atoms. The van der Waals surface area contributed by atoms with Gasteiger partial charge in [-0.3, -0.25) is 0 Å². The Morgan fingerprint density at radius 2 is 0.868 bits per heavy atom. The van der Waals surface area contributed by atoms with E-state index in [-0.39, 0.29) is 24.7 Å². The van der Waals surface area contributed by atoms with Crippen molar-refractivity contribution in [2.45, 2.75) is 25.7 Å². The summed E-state index contributed by atoms with van der Waals surface area (Å²) < 4.78 is 11.3. The van der Waals surface area contributed by atoms with E-state index >= 15 is 0 Å². The molecule has 4 aromatic rings. The lowest BCUT2D eigenvalue weighted by Crippen LogP contribution is -2.02. The number of hydrogen-bond acceptors (Lipinski definition) is 6. The molecule has 0 unspecified atom stereocenters. The van der Waals surface area contributed by atoms with Crippen molar-refractivity contribution in [1.82, 2.24) is 0 Å². The summed E-state index contributed by atoms with van der Waals surface area (Å²) in [6.07, 6.45) is 1.88. The predicted octanol–water partition coefficient (Wildman–Crippen LogP) is 5.58.